The molecule has 5 nitrogen and oxygen atoms in total. The largest absolute Gasteiger partial charge is 0.347 e. The third-order valence-corrected chi connectivity index (χ3v) is 4.43. The predicted octanol–water partition coefficient (Wildman–Crippen LogP) is 1.67. The van der Waals surface area contributed by atoms with Crippen molar-refractivity contribution in [2.75, 3.05) is 32.8 Å². The van der Waals surface area contributed by atoms with Crippen molar-refractivity contribution < 1.29 is 9.47 Å². The van der Waals surface area contributed by atoms with E-state index in [9.17, 15) is 0 Å². The average Bonchev–Trinajstić information content (AvgIpc) is 3.04. The number of ether oxygens (including phenoxy) is 2. The molecule has 0 unspecified atom stereocenters. The molecule has 0 radical (unpaired) electrons. The molecule has 1 aromatic rings. The van der Waals surface area contributed by atoms with Gasteiger partial charge in [0.15, 0.2) is 5.79 Å². The lowest BCUT2D eigenvalue weighted by molar-refractivity contribution is -0.185. The second kappa shape index (κ2) is 5.84. The van der Waals surface area contributed by atoms with E-state index in [1.54, 1.807) is 0 Å². The lowest BCUT2D eigenvalue weighted by Gasteiger charge is -2.38. The Morgan fingerprint density at radius 2 is 1.95 bits per heavy atom. The number of aryl methyl sites for hydroxylation is 1. The Labute approximate surface area is 120 Å². The van der Waals surface area contributed by atoms with E-state index in [0.717, 1.165) is 58.1 Å². The number of rotatable bonds is 4. The van der Waals surface area contributed by atoms with Gasteiger partial charge in [0.2, 0.25) is 0 Å². The number of likely N-dealkylation sites (tertiary alicyclic amines) is 1. The summed E-state index contributed by atoms with van der Waals surface area (Å²) in [6.07, 6.45) is 5.95. The van der Waals surface area contributed by atoms with E-state index in [4.69, 9.17) is 9.47 Å². The fourth-order valence-electron chi connectivity index (χ4n) is 3.29. The number of aromatic nitrogens is 2. The Kier molecular flexibility index (Phi) is 4.10. The summed E-state index contributed by atoms with van der Waals surface area (Å²) in [5.41, 5.74) is 0. The third-order valence-electron chi connectivity index (χ3n) is 4.43. The standard InChI is InChI=1S/C15H25N3O2/c1-13(12-18-8-5-16-14(18)2)11-17-6-3-15(4-7-17)19-9-10-20-15/h5,8,13H,3-4,6-7,9-12H2,1-2H3/t13-/m1/s1. The minimum atomic E-state index is -0.249. The summed E-state index contributed by atoms with van der Waals surface area (Å²) in [4.78, 5) is 6.82. The van der Waals surface area contributed by atoms with Gasteiger partial charge in [-0.2, -0.15) is 0 Å². The van der Waals surface area contributed by atoms with Gasteiger partial charge in [-0.1, -0.05) is 6.92 Å². The molecule has 5 heteroatoms. The zero-order valence-corrected chi connectivity index (χ0v) is 12.5. The molecule has 2 aliphatic heterocycles. The van der Waals surface area contributed by atoms with Gasteiger partial charge in [0.05, 0.1) is 13.2 Å². The molecule has 2 aliphatic rings. The Morgan fingerprint density at radius 1 is 1.25 bits per heavy atom. The van der Waals surface area contributed by atoms with Crippen molar-refractivity contribution in [1.29, 1.82) is 0 Å². The highest BCUT2D eigenvalue weighted by atomic mass is 16.7. The predicted molar refractivity (Wildman–Crippen MR) is 76.4 cm³/mol. The molecule has 1 aromatic heterocycles. The molecule has 1 spiro atoms. The third kappa shape index (κ3) is 3.05. The lowest BCUT2D eigenvalue weighted by Crippen LogP contribution is -2.46. The van der Waals surface area contributed by atoms with Crippen molar-refractivity contribution in [3.63, 3.8) is 0 Å². The molecule has 20 heavy (non-hydrogen) atoms. The highest BCUT2D eigenvalue weighted by Gasteiger charge is 2.39. The maximum Gasteiger partial charge on any atom is 0.170 e. The quantitative estimate of drug-likeness (QED) is 0.840. The molecule has 3 heterocycles. The molecule has 3 rings (SSSR count). The van der Waals surface area contributed by atoms with E-state index in [2.05, 4.69) is 34.5 Å². The first-order valence-corrected chi connectivity index (χ1v) is 7.65. The minimum Gasteiger partial charge on any atom is -0.347 e. The maximum atomic E-state index is 5.77. The number of hydrogen-bond donors (Lipinski definition) is 0. The van der Waals surface area contributed by atoms with Gasteiger partial charge in [-0.3, -0.25) is 0 Å². The smallest absolute Gasteiger partial charge is 0.170 e. The summed E-state index contributed by atoms with van der Waals surface area (Å²) in [6, 6.07) is 0. The van der Waals surface area contributed by atoms with Gasteiger partial charge >= 0.3 is 0 Å². The Bertz CT molecular complexity index is 430. The van der Waals surface area contributed by atoms with Crippen molar-refractivity contribution >= 4 is 0 Å². The van der Waals surface area contributed by atoms with Gasteiger partial charge < -0.3 is 18.9 Å². The van der Waals surface area contributed by atoms with Crippen molar-refractivity contribution in [2.45, 2.75) is 39.0 Å². The summed E-state index contributed by atoms with van der Waals surface area (Å²) in [5.74, 6) is 1.48. The van der Waals surface area contributed by atoms with Crippen molar-refractivity contribution in [3.8, 4) is 0 Å². The van der Waals surface area contributed by atoms with Crippen LogP contribution in [0.2, 0.25) is 0 Å². The molecular formula is C15H25N3O2. The molecule has 0 N–H and O–H groups in total. The molecule has 2 saturated heterocycles. The first-order valence-electron chi connectivity index (χ1n) is 7.65. The van der Waals surface area contributed by atoms with Crippen molar-refractivity contribution in [1.82, 2.24) is 14.5 Å². The first kappa shape index (κ1) is 14.0. The maximum absolute atomic E-state index is 5.77. The van der Waals surface area contributed by atoms with Crippen LogP contribution in [-0.2, 0) is 16.0 Å². The topological polar surface area (TPSA) is 39.5 Å². The molecule has 112 valence electrons. The molecule has 1 atom stereocenters. The Balaban J connectivity index is 1.46. The highest BCUT2D eigenvalue weighted by molar-refractivity contribution is 4.89. The summed E-state index contributed by atoms with van der Waals surface area (Å²) >= 11 is 0. The molecular weight excluding hydrogens is 254 g/mol. The monoisotopic (exact) mass is 279 g/mol. The molecule has 0 aromatic carbocycles. The zero-order valence-electron chi connectivity index (χ0n) is 12.5. The van der Waals surface area contributed by atoms with Gasteiger partial charge in [-0.05, 0) is 12.8 Å². The van der Waals surface area contributed by atoms with Gasteiger partial charge in [0, 0.05) is 51.4 Å². The van der Waals surface area contributed by atoms with Crippen LogP contribution < -0.4 is 0 Å². The van der Waals surface area contributed by atoms with Crippen LogP contribution in [0, 0.1) is 12.8 Å². The van der Waals surface area contributed by atoms with Crippen LogP contribution in [0.15, 0.2) is 12.4 Å². The summed E-state index contributed by atoms with van der Waals surface area (Å²) in [7, 11) is 0. The molecule has 0 amide bonds. The van der Waals surface area contributed by atoms with Crippen LogP contribution in [0.3, 0.4) is 0 Å². The number of nitrogens with zero attached hydrogens (tertiary/aromatic N) is 3. The Morgan fingerprint density at radius 3 is 2.55 bits per heavy atom. The first-order chi connectivity index (χ1) is 9.67. The highest BCUT2D eigenvalue weighted by Crippen LogP contribution is 2.31. The zero-order chi connectivity index (χ0) is 14.0. The van der Waals surface area contributed by atoms with Crippen LogP contribution in [0.1, 0.15) is 25.6 Å². The molecule has 2 fully saturated rings. The van der Waals surface area contributed by atoms with Crippen LogP contribution >= 0.6 is 0 Å². The van der Waals surface area contributed by atoms with Crippen LogP contribution in [-0.4, -0.2) is 53.1 Å². The molecule has 0 saturated carbocycles. The van der Waals surface area contributed by atoms with Gasteiger partial charge in [-0.25, -0.2) is 4.98 Å². The van der Waals surface area contributed by atoms with E-state index in [1.165, 1.54) is 0 Å². The van der Waals surface area contributed by atoms with Crippen LogP contribution in [0.5, 0.6) is 0 Å². The normalized spacial score (nSPS) is 24.3. The Hall–Kier alpha value is -0.910. The van der Waals surface area contributed by atoms with E-state index in [1.807, 2.05) is 6.20 Å². The number of hydrogen-bond acceptors (Lipinski definition) is 4. The second-order valence-electron chi connectivity index (χ2n) is 6.14. The summed E-state index contributed by atoms with van der Waals surface area (Å²) < 4.78 is 13.8. The van der Waals surface area contributed by atoms with Crippen molar-refractivity contribution in [3.05, 3.63) is 18.2 Å². The fraction of sp³-hybridized carbons (Fsp3) is 0.800. The second-order valence-corrected chi connectivity index (χ2v) is 6.14. The number of imidazole rings is 1. The van der Waals surface area contributed by atoms with E-state index < -0.39 is 0 Å². The van der Waals surface area contributed by atoms with Gasteiger partial charge in [-0.15, -0.1) is 0 Å². The number of piperidine rings is 1. The lowest BCUT2D eigenvalue weighted by atomic mass is 10.0. The minimum absolute atomic E-state index is 0.249. The van der Waals surface area contributed by atoms with Crippen LogP contribution in [0.4, 0.5) is 0 Å². The van der Waals surface area contributed by atoms with E-state index in [0.29, 0.717) is 5.92 Å². The fourth-order valence-corrected chi connectivity index (χ4v) is 3.29. The summed E-state index contributed by atoms with van der Waals surface area (Å²) in [6.45, 7) is 10.2. The van der Waals surface area contributed by atoms with E-state index in [-0.39, 0.29) is 5.79 Å². The SMILES string of the molecule is Cc1nccn1C[C@H](C)CN1CCC2(CC1)OCCO2. The van der Waals surface area contributed by atoms with Gasteiger partial charge in [0.1, 0.15) is 5.82 Å². The molecule has 0 aliphatic carbocycles. The van der Waals surface area contributed by atoms with Gasteiger partial charge in [0.25, 0.3) is 0 Å². The summed E-state index contributed by atoms with van der Waals surface area (Å²) in [5, 5.41) is 0. The van der Waals surface area contributed by atoms with Crippen LogP contribution in [0.25, 0.3) is 0 Å². The van der Waals surface area contributed by atoms with E-state index >= 15 is 0 Å². The molecule has 0 bridgehead atoms. The van der Waals surface area contributed by atoms with Crippen molar-refractivity contribution in [2.24, 2.45) is 5.92 Å². The average molecular weight is 279 g/mol.